The monoisotopic (exact) mass is 542 g/mol. The molecule has 4 aromatic rings. The van der Waals surface area contributed by atoms with Gasteiger partial charge < -0.3 is 23.7 Å². The van der Waals surface area contributed by atoms with Crippen LogP contribution in [0.2, 0.25) is 0 Å². The van der Waals surface area contributed by atoms with E-state index in [4.69, 9.17) is 13.9 Å². The molecule has 40 heavy (non-hydrogen) atoms. The second-order valence-electron chi connectivity index (χ2n) is 9.63. The minimum atomic E-state index is -0.291. The highest BCUT2D eigenvalue weighted by molar-refractivity contribution is 5.96. The second kappa shape index (κ2) is 13.6. The van der Waals surface area contributed by atoms with Gasteiger partial charge in [-0.2, -0.15) is 0 Å². The van der Waals surface area contributed by atoms with E-state index < -0.39 is 0 Å². The Labute approximate surface area is 233 Å². The van der Waals surface area contributed by atoms with Crippen LogP contribution in [0, 0.1) is 6.92 Å². The predicted molar refractivity (Wildman–Crippen MR) is 153 cm³/mol. The normalized spacial score (nSPS) is 10.9. The van der Waals surface area contributed by atoms with Gasteiger partial charge in [-0.3, -0.25) is 14.4 Å². The molecule has 1 aromatic heterocycles. The molecule has 0 fully saturated rings. The molecule has 0 aliphatic carbocycles. The molecular formula is C32H34N2O6. The summed E-state index contributed by atoms with van der Waals surface area (Å²) in [6.07, 6.45) is 1.98. The van der Waals surface area contributed by atoms with Crippen molar-refractivity contribution >= 4 is 22.8 Å². The molecule has 0 spiro atoms. The van der Waals surface area contributed by atoms with Crippen LogP contribution in [0.5, 0.6) is 5.75 Å². The summed E-state index contributed by atoms with van der Waals surface area (Å²) in [5.74, 6) is -0.0250. The molecule has 0 radical (unpaired) electrons. The fourth-order valence-electron chi connectivity index (χ4n) is 4.49. The van der Waals surface area contributed by atoms with E-state index in [2.05, 4.69) is 0 Å². The van der Waals surface area contributed by atoms with Crippen molar-refractivity contribution in [1.82, 2.24) is 9.80 Å². The van der Waals surface area contributed by atoms with E-state index in [-0.39, 0.29) is 36.9 Å². The van der Waals surface area contributed by atoms with Crippen LogP contribution in [0.15, 0.2) is 88.3 Å². The number of aryl methyl sites for hydroxylation is 1. The summed E-state index contributed by atoms with van der Waals surface area (Å²) >= 11 is 0. The Morgan fingerprint density at radius 2 is 1.70 bits per heavy atom. The van der Waals surface area contributed by atoms with Crippen LogP contribution >= 0.6 is 0 Å². The molecule has 0 saturated carbocycles. The maximum absolute atomic E-state index is 13.8. The smallest absolute Gasteiger partial charge is 0.254 e. The van der Waals surface area contributed by atoms with Gasteiger partial charge >= 0.3 is 0 Å². The molecule has 8 nitrogen and oxygen atoms in total. The van der Waals surface area contributed by atoms with Gasteiger partial charge in [0, 0.05) is 32.4 Å². The minimum absolute atomic E-state index is 0.0409. The number of rotatable bonds is 12. The quantitative estimate of drug-likeness (QED) is 0.239. The van der Waals surface area contributed by atoms with Crippen LogP contribution in [0.25, 0.3) is 11.0 Å². The minimum Gasteiger partial charge on any atom is -0.497 e. The Balaban J connectivity index is 1.63. The molecule has 0 N–H and O–H groups in total. The van der Waals surface area contributed by atoms with Crippen molar-refractivity contribution < 1.29 is 23.5 Å². The van der Waals surface area contributed by atoms with E-state index in [0.717, 1.165) is 11.1 Å². The number of methoxy groups -OCH3 is 2. The number of nitrogens with zero attached hydrogens (tertiary/aromatic N) is 2. The fourth-order valence-corrected chi connectivity index (χ4v) is 4.49. The first-order chi connectivity index (χ1) is 19.4. The summed E-state index contributed by atoms with van der Waals surface area (Å²) in [6.45, 7) is 2.83. The molecule has 0 aliphatic rings. The van der Waals surface area contributed by atoms with E-state index in [0.29, 0.717) is 47.4 Å². The zero-order valence-corrected chi connectivity index (χ0v) is 23.1. The number of hydrogen-bond donors (Lipinski definition) is 0. The number of amides is 2. The van der Waals surface area contributed by atoms with Gasteiger partial charge in [0.05, 0.1) is 30.9 Å². The SMILES string of the molecule is COCCCN(CC(=O)N(Cc1ccccc1)Cc1coc2ccc(C)cc2c1=O)C(=O)c1cccc(OC)c1. The summed E-state index contributed by atoms with van der Waals surface area (Å²) in [5.41, 5.74) is 2.95. The molecule has 0 bridgehead atoms. The first kappa shape index (κ1) is 28.6. The van der Waals surface area contributed by atoms with E-state index >= 15 is 0 Å². The van der Waals surface area contributed by atoms with Crippen LogP contribution in [0.3, 0.4) is 0 Å². The number of fused-ring (bicyclic) bond motifs is 1. The lowest BCUT2D eigenvalue weighted by atomic mass is 10.1. The highest BCUT2D eigenvalue weighted by Gasteiger charge is 2.24. The van der Waals surface area contributed by atoms with Gasteiger partial charge in [-0.05, 0) is 49.2 Å². The largest absolute Gasteiger partial charge is 0.497 e. The molecule has 4 rings (SSSR count). The fraction of sp³-hybridized carbons (Fsp3) is 0.281. The van der Waals surface area contributed by atoms with Crippen LogP contribution in [-0.2, 0) is 22.6 Å². The van der Waals surface area contributed by atoms with Crippen LogP contribution in [-0.4, -0.2) is 55.5 Å². The van der Waals surface area contributed by atoms with Gasteiger partial charge in [-0.25, -0.2) is 0 Å². The van der Waals surface area contributed by atoms with E-state index in [1.54, 1.807) is 48.4 Å². The van der Waals surface area contributed by atoms with Crippen LogP contribution < -0.4 is 10.2 Å². The van der Waals surface area contributed by atoms with Gasteiger partial charge in [0.2, 0.25) is 5.91 Å². The number of hydrogen-bond acceptors (Lipinski definition) is 6. The summed E-state index contributed by atoms with van der Waals surface area (Å²) < 4.78 is 16.2. The maximum atomic E-state index is 13.8. The third kappa shape index (κ3) is 7.15. The van der Waals surface area contributed by atoms with E-state index in [1.807, 2.05) is 43.3 Å². The van der Waals surface area contributed by atoms with Crippen molar-refractivity contribution in [3.8, 4) is 5.75 Å². The van der Waals surface area contributed by atoms with Crippen LogP contribution in [0.1, 0.15) is 33.5 Å². The summed E-state index contributed by atoms with van der Waals surface area (Å²) in [4.78, 5) is 43.8. The third-order valence-corrected chi connectivity index (χ3v) is 6.64. The molecule has 2 amide bonds. The lowest BCUT2D eigenvalue weighted by molar-refractivity contribution is -0.133. The van der Waals surface area contributed by atoms with E-state index in [1.165, 1.54) is 18.3 Å². The maximum Gasteiger partial charge on any atom is 0.254 e. The Bertz CT molecular complexity index is 1520. The second-order valence-corrected chi connectivity index (χ2v) is 9.63. The van der Waals surface area contributed by atoms with Gasteiger partial charge in [-0.1, -0.05) is 48.0 Å². The van der Waals surface area contributed by atoms with Crippen LogP contribution in [0.4, 0.5) is 0 Å². The molecule has 0 atom stereocenters. The van der Waals surface area contributed by atoms with Gasteiger partial charge in [-0.15, -0.1) is 0 Å². The highest BCUT2D eigenvalue weighted by atomic mass is 16.5. The number of benzene rings is 3. The molecule has 1 heterocycles. The molecule has 208 valence electrons. The number of ether oxygens (including phenoxy) is 2. The van der Waals surface area contributed by atoms with Crippen molar-refractivity contribution in [1.29, 1.82) is 0 Å². The lowest BCUT2D eigenvalue weighted by Gasteiger charge is -2.28. The Hall–Kier alpha value is -4.43. The first-order valence-corrected chi connectivity index (χ1v) is 13.1. The predicted octanol–water partition coefficient (Wildman–Crippen LogP) is 4.82. The Morgan fingerprint density at radius 1 is 0.900 bits per heavy atom. The zero-order valence-electron chi connectivity index (χ0n) is 23.1. The van der Waals surface area contributed by atoms with Crippen molar-refractivity contribution in [2.45, 2.75) is 26.4 Å². The zero-order chi connectivity index (χ0) is 28.5. The van der Waals surface area contributed by atoms with Crippen molar-refractivity contribution in [3.05, 3.63) is 112 Å². The van der Waals surface area contributed by atoms with E-state index in [9.17, 15) is 14.4 Å². The van der Waals surface area contributed by atoms with Crippen molar-refractivity contribution in [3.63, 3.8) is 0 Å². The molecule has 3 aromatic carbocycles. The first-order valence-electron chi connectivity index (χ1n) is 13.1. The standard InChI is InChI=1S/C32H34N2O6/c1-23-13-14-29-28(17-23)31(36)26(22-40-29)20-34(19-24-9-5-4-6-10-24)30(35)21-33(15-8-16-38-2)32(37)25-11-7-12-27(18-25)39-3/h4-7,9-14,17-18,22H,8,15-16,19-21H2,1-3H3. The number of carbonyl (C=O) groups excluding carboxylic acids is 2. The molecule has 8 heteroatoms. The number of carbonyl (C=O) groups is 2. The average Bonchev–Trinajstić information content (AvgIpc) is 2.98. The Morgan fingerprint density at radius 3 is 2.45 bits per heavy atom. The summed E-state index contributed by atoms with van der Waals surface area (Å²) in [6, 6.07) is 21.8. The molecule has 0 aliphatic heterocycles. The van der Waals surface area contributed by atoms with Crippen molar-refractivity contribution in [2.75, 3.05) is 33.9 Å². The molecule has 0 unspecified atom stereocenters. The lowest BCUT2D eigenvalue weighted by Crippen LogP contribution is -2.43. The molecular weight excluding hydrogens is 508 g/mol. The Kier molecular flexibility index (Phi) is 9.70. The van der Waals surface area contributed by atoms with Crippen molar-refractivity contribution in [2.24, 2.45) is 0 Å². The average molecular weight is 543 g/mol. The topological polar surface area (TPSA) is 89.3 Å². The molecule has 0 saturated heterocycles. The highest BCUT2D eigenvalue weighted by Crippen LogP contribution is 2.18. The van der Waals surface area contributed by atoms with Gasteiger partial charge in [0.1, 0.15) is 17.9 Å². The summed E-state index contributed by atoms with van der Waals surface area (Å²) in [7, 11) is 3.13. The third-order valence-electron chi connectivity index (χ3n) is 6.64. The van der Waals surface area contributed by atoms with Gasteiger partial charge in [0.25, 0.3) is 5.91 Å². The summed E-state index contributed by atoms with van der Waals surface area (Å²) in [5, 5.41) is 0.471. The van der Waals surface area contributed by atoms with Gasteiger partial charge in [0.15, 0.2) is 5.43 Å².